The van der Waals surface area contributed by atoms with E-state index in [1.807, 2.05) is 66.0 Å². The molecule has 158 valence electrons. The highest BCUT2D eigenvalue weighted by Gasteiger charge is 2.16. The Morgan fingerprint density at radius 1 is 1.06 bits per heavy atom. The molecule has 0 radical (unpaired) electrons. The Labute approximate surface area is 191 Å². The van der Waals surface area contributed by atoms with Gasteiger partial charge in [0.1, 0.15) is 6.54 Å². The minimum atomic E-state index is -0.406. The predicted octanol–water partition coefficient (Wildman–Crippen LogP) is 4.89. The quantitative estimate of drug-likeness (QED) is 0.359. The largest absolute Gasteiger partial charge is 0.468 e. The normalized spacial score (nSPS) is 11.8. The maximum atomic E-state index is 13.4. The number of thiazole rings is 1. The summed E-state index contributed by atoms with van der Waals surface area (Å²) in [4.78, 5) is 36.0. The van der Waals surface area contributed by atoms with E-state index < -0.39 is 5.97 Å². The van der Waals surface area contributed by atoms with E-state index in [4.69, 9.17) is 9.72 Å². The monoisotopic (exact) mass is 459 g/mol. The molecule has 0 aliphatic rings. The van der Waals surface area contributed by atoms with Crippen LogP contribution in [0.25, 0.3) is 31.7 Å². The van der Waals surface area contributed by atoms with Gasteiger partial charge in [0.05, 0.1) is 39.0 Å². The SMILES string of the molecule is COC(=O)Cn1c(=NC(=O)c2cc(-c3cccs3)nc3ccccc23)sc2ccccc21. The van der Waals surface area contributed by atoms with E-state index in [2.05, 4.69) is 4.99 Å². The molecular formula is C24H17N3O3S2. The fraction of sp³-hybridized carbons (Fsp3) is 0.0833. The minimum absolute atomic E-state index is 0.0236. The standard InChI is InChI=1S/C24H17N3O3S2/c1-30-22(28)14-27-19-9-4-5-10-21(19)32-24(27)26-23(29)16-13-18(20-11-6-12-31-20)25-17-8-3-2-7-15(16)17/h2-13H,14H2,1H3. The number of carbonyl (C=O) groups is 2. The number of nitrogens with zero attached hydrogens (tertiary/aromatic N) is 3. The zero-order valence-corrected chi connectivity index (χ0v) is 18.7. The lowest BCUT2D eigenvalue weighted by Crippen LogP contribution is -2.22. The summed E-state index contributed by atoms with van der Waals surface area (Å²) in [6.07, 6.45) is 0. The zero-order chi connectivity index (χ0) is 22.1. The number of carbonyl (C=O) groups excluding carboxylic acids is 2. The van der Waals surface area contributed by atoms with Crippen molar-refractivity contribution in [2.24, 2.45) is 4.99 Å². The lowest BCUT2D eigenvalue weighted by Gasteiger charge is -2.07. The van der Waals surface area contributed by atoms with Crippen molar-refractivity contribution in [1.29, 1.82) is 0 Å². The van der Waals surface area contributed by atoms with E-state index in [9.17, 15) is 9.59 Å². The van der Waals surface area contributed by atoms with Gasteiger partial charge in [-0.05, 0) is 35.7 Å². The van der Waals surface area contributed by atoms with Gasteiger partial charge in [0.2, 0.25) is 0 Å². The van der Waals surface area contributed by atoms with Crippen LogP contribution in [-0.4, -0.2) is 28.5 Å². The lowest BCUT2D eigenvalue weighted by molar-refractivity contribution is -0.141. The van der Waals surface area contributed by atoms with E-state index >= 15 is 0 Å². The molecule has 0 saturated heterocycles. The van der Waals surface area contributed by atoms with Crippen molar-refractivity contribution < 1.29 is 14.3 Å². The van der Waals surface area contributed by atoms with E-state index in [1.165, 1.54) is 18.4 Å². The maximum Gasteiger partial charge on any atom is 0.325 e. The van der Waals surface area contributed by atoms with Gasteiger partial charge < -0.3 is 9.30 Å². The summed E-state index contributed by atoms with van der Waals surface area (Å²) in [5.41, 5.74) is 2.76. The van der Waals surface area contributed by atoms with Crippen molar-refractivity contribution in [3.63, 3.8) is 0 Å². The van der Waals surface area contributed by atoms with Crippen molar-refractivity contribution >= 4 is 55.7 Å². The van der Waals surface area contributed by atoms with Crippen molar-refractivity contribution in [1.82, 2.24) is 9.55 Å². The van der Waals surface area contributed by atoms with Gasteiger partial charge in [-0.1, -0.05) is 47.7 Å². The van der Waals surface area contributed by atoms with Gasteiger partial charge in [0.25, 0.3) is 5.91 Å². The molecule has 3 heterocycles. The van der Waals surface area contributed by atoms with Gasteiger partial charge in [-0.15, -0.1) is 11.3 Å². The molecule has 0 atom stereocenters. The third-order valence-electron chi connectivity index (χ3n) is 5.02. The molecular weight excluding hydrogens is 442 g/mol. The number of benzene rings is 2. The first-order valence-electron chi connectivity index (χ1n) is 9.82. The number of methoxy groups -OCH3 is 1. The third-order valence-corrected chi connectivity index (χ3v) is 6.97. The first kappa shape index (κ1) is 20.3. The number of rotatable bonds is 4. The van der Waals surface area contributed by atoms with Gasteiger partial charge in [-0.2, -0.15) is 4.99 Å². The van der Waals surface area contributed by atoms with Crippen LogP contribution >= 0.6 is 22.7 Å². The highest BCUT2D eigenvalue weighted by atomic mass is 32.1. The summed E-state index contributed by atoms with van der Waals surface area (Å²) < 4.78 is 7.49. The van der Waals surface area contributed by atoms with Crippen LogP contribution in [-0.2, 0) is 16.1 Å². The van der Waals surface area contributed by atoms with Crippen LogP contribution in [0, 0.1) is 0 Å². The fourth-order valence-corrected chi connectivity index (χ4v) is 5.22. The molecule has 0 bridgehead atoms. The number of esters is 1. The van der Waals surface area contributed by atoms with Gasteiger partial charge in [-0.3, -0.25) is 9.59 Å². The number of amides is 1. The average Bonchev–Trinajstić information content (AvgIpc) is 3.47. The fourth-order valence-electron chi connectivity index (χ4n) is 3.50. The Balaban J connectivity index is 1.69. The molecule has 5 rings (SSSR count). The number of thiophene rings is 1. The number of hydrogen-bond donors (Lipinski definition) is 0. The predicted molar refractivity (Wildman–Crippen MR) is 127 cm³/mol. The molecule has 1 amide bonds. The Bertz CT molecular complexity index is 1530. The topological polar surface area (TPSA) is 73.6 Å². The Kier molecular flexibility index (Phi) is 5.38. The molecule has 3 aromatic heterocycles. The average molecular weight is 460 g/mol. The van der Waals surface area contributed by atoms with Crippen molar-refractivity contribution in [2.75, 3.05) is 7.11 Å². The lowest BCUT2D eigenvalue weighted by atomic mass is 10.1. The van der Waals surface area contributed by atoms with Crippen LogP contribution in [0.1, 0.15) is 10.4 Å². The summed E-state index contributed by atoms with van der Waals surface area (Å²) >= 11 is 2.93. The highest BCUT2D eigenvalue weighted by Crippen LogP contribution is 2.28. The molecule has 0 aliphatic heterocycles. The van der Waals surface area contributed by atoms with Crippen molar-refractivity contribution in [3.8, 4) is 10.6 Å². The first-order chi connectivity index (χ1) is 15.6. The van der Waals surface area contributed by atoms with Crippen LogP contribution in [0.3, 0.4) is 0 Å². The van der Waals surface area contributed by atoms with Gasteiger partial charge >= 0.3 is 5.97 Å². The second kappa shape index (κ2) is 8.49. The minimum Gasteiger partial charge on any atom is -0.468 e. The van der Waals surface area contributed by atoms with E-state index in [0.717, 1.165) is 31.7 Å². The van der Waals surface area contributed by atoms with Gasteiger partial charge in [-0.25, -0.2) is 4.98 Å². The maximum absolute atomic E-state index is 13.4. The number of ether oxygens (including phenoxy) is 1. The number of hydrogen-bond acceptors (Lipinski definition) is 6. The molecule has 32 heavy (non-hydrogen) atoms. The molecule has 2 aromatic carbocycles. The summed E-state index contributed by atoms with van der Waals surface area (Å²) in [7, 11) is 1.34. The third kappa shape index (κ3) is 3.74. The van der Waals surface area contributed by atoms with Crippen molar-refractivity contribution in [3.05, 3.63) is 82.5 Å². The summed E-state index contributed by atoms with van der Waals surface area (Å²) in [5, 5.41) is 2.72. The van der Waals surface area contributed by atoms with Gasteiger partial charge in [0.15, 0.2) is 4.80 Å². The molecule has 0 saturated carbocycles. The van der Waals surface area contributed by atoms with E-state index in [1.54, 1.807) is 22.0 Å². The number of fused-ring (bicyclic) bond motifs is 2. The Morgan fingerprint density at radius 2 is 1.88 bits per heavy atom. The molecule has 0 aliphatic carbocycles. The number of pyridine rings is 1. The van der Waals surface area contributed by atoms with Crippen LogP contribution in [0.4, 0.5) is 0 Å². The first-order valence-corrected chi connectivity index (χ1v) is 11.5. The highest BCUT2D eigenvalue weighted by molar-refractivity contribution is 7.16. The Morgan fingerprint density at radius 3 is 2.69 bits per heavy atom. The van der Waals surface area contributed by atoms with Crippen molar-refractivity contribution in [2.45, 2.75) is 6.54 Å². The van der Waals surface area contributed by atoms with Gasteiger partial charge in [0, 0.05) is 5.39 Å². The molecule has 6 nitrogen and oxygen atoms in total. The molecule has 8 heteroatoms. The van der Waals surface area contributed by atoms with Crippen LogP contribution < -0.4 is 4.80 Å². The summed E-state index contributed by atoms with van der Waals surface area (Å²) in [5.74, 6) is -0.789. The molecule has 0 unspecified atom stereocenters. The number of para-hydroxylation sites is 2. The molecule has 0 N–H and O–H groups in total. The number of aromatic nitrogens is 2. The summed E-state index contributed by atoms with van der Waals surface area (Å²) in [6, 6.07) is 20.9. The van der Waals surface area contributed by atoms with E-state index in [0.29, 0.717) is 10.4 Å². The molecule has 0 spiro atoms. The molecule has 0 fully saturated rings. The van der Waals surface area contributed by atoms with Crippen LogP contribution in [0.5, 0.6) is 0 Å². The zero-order valence-electron chi connectivity index (χ0n) is 17.0. The van der Waals surface area contributed by atoms with E-state index in [-0.39, 0.29) is 12.5 Å². The van der Waals surface area contributed by atoms with Crippen LogP contribution in [0.2, 0.25) is 0 Å². The smallest absolute Gasteiger partial charge is 0.325 e. The second-order valence-electron chi connectivity index (χ2n) is 6.98. The Hall–Kier alpha value is -3.62. The molecule has 5 aromatic rings. The summed E-state index contributed by atoms with van der Waals surface area (Å²) in [6.45, 7) is -0.0236. The second-order valence-corrected chi connectivity index (χ2v) is 8.94. The van der Waals surface area contributed by atoms with Crippen LogP contribution in [0.15, 0.2) is 77.1 Å².